The van der Waals surface area contributed by atoms with Gasteiger partial charge in [0.15, 0.2) is 0 Å². The third-order valence-corrected chi connectivity index (χ3v) is 3.45. The van der Waals surface area contributed by atoms with Crippen LogP contribution in [-0.2, 0) is 4.79 Å². The maximum absolute atomic E-state index is 10.6. The van der Waals surface area contributed by atoms with Crippen molar-refractivity contribution in [2.45, 2.75) is 33.1 Å². The Hall–Kier alpha value is -1.17. The molecule has 0 amide bonds. The first-order valence-electron chi connectivity index (χ1n) is 5.82. The molecule has 0 radical (unpaired) electrons. The van der Waals surface area contributed by atoms with Crippen LogP contribution in [0.5, 0.6) is 0 Å². The molecule has 5 nitrogen and oxygen atoms in total. The van der Waals surface area contributed by atoms with Gasteiger partial charge in [0.1, 0.15) is 6.33 Å². The third-order valence-electron chi connectivity index (χ3n) is 2.82. The minimum atomic E-state index is -0.715. The highest BCUT2D eigenvalue weighted by atomic mass is 32.1. The van der Waals surface area contributed by atoms with Crippen LogP contribution in [-0.4, -0.2) is 27.0 Å². The maximum atomic E-state index is 10.6. The smallest absolute Gasteiger partial charge is 0.303 e. The molecule has 0 aliphatic carbocycles. The molecule has 1 unspecified atom stereocenters. The summed E-state index contributed by atoms with van der Waals surface area (Å²) in [7, 11) is 0. The van der Waals surface area contributed by atoms with Crippen LogP contribution in [0.1, 0.15) is 33.1 Å². The summed E-state index contributed by atoms with van der Waals surface area (Å²) in [5, 5.41) is 12.7. The number of carbonyl (C=O) groups is 1. The predicted octanol–water partition coefficient (Wildman–Crippen LogP) is 2.48. The van der Waals surface area contributed by atoms with Crippen LogP contribution in [0.15, 0.2) is 6.33 Å². The average molecular weight is 257 g/mol. The van der Waals surface area contributed by atoms with Gasteiger partial charge >= 0.3 is 5.97 Å². The molecule has 0 spiro atoms. The van der Waals surface area contributed by atoms with Gasteiger partial charge in [0.05, 0.1) is 0 Å². The molecule has 96 valence electrons. The first kappa shape index (κ1) is 13.9. The van der Waals surface area contributed by atoms with E-state index in [1.165, 1.54) is 17.9 Å². The summed E-state index contributed by atoms with van der Waals surface area (Å²) in [4.78, 5) is 14.6. The van der Waals surface area contributed by atoms with E-state index in [1.807, 2.05) is 0 Å². The van der Waals surface area contributed by atoms with Crippen molar-refractivity contribution in [1.82, 2.24) is 9.36 Å². The zero-order valence-corrected chi connectivity index (χ0v) is 11.0. The minimum absolute atomic E-state index is 0.252. The molecule has 17 heavy (non-hydrogen) atoms. The second kappa shape index (κ2) is 7.21. The van der Waals surface area contributed by atoms with Crippen LogP contribution in [0, 0.1) is 11.8 Å². The number of carboxylic acid groups (broad SMARTS) is 1. The molecule has 0 saturated heterocycles. The number of nitrogens with zero attached hydrogens (tertiary/aromatic N) is 2. The van der Waals surface area contributed by atoms with Crippen LogP contribution >= 0.6 is 11.5 Å². The normalized spacial score (nSPS) is 12.6. The van der Waals surface area contributed by atoms with E-state index in [4.69, 9.17) is 5.11 Å². The quantitative estimate of drug-likeness (QED) is 0.748. The van der Waals surface area contributed by atoms with Gasteiger partial charge in [-0.1, -0.05) is 13.8 Å². The SMILES string of the molecule is CC(C)C(CCNc1ncns1)CCC(=O)O. The Bertz CT molecular complexity index is 327. The summed E-state index contributed by atoms with van der Waals surface area (Å²) in [5.74, 6) is 0.227. The topological polar surface area (TPSA) is 75.1 Å². The molecule has 1 aromatic heterocycles. The molecule has 0 aliphatic heterocycles. The summed E-state index contributed by atoms with van der Waals surface area (Å²) < 4.78 is 3.90. The Morgan fingerprint density at radius 2 is 2.29 bits per heavy atom. The van der Waals surface area contributed by atoms with Gasteiger partial charge < -0.3 is 10.4 Å². The first-order chi connectivity index (χ1) is 8.09. The largest absolute Gasteiger partial charge is 0.481 e. The van der Waals surface area contributed by atoms with Crippen molar-refractivity contribution in [3.63, 3.8) is 0 Å². The number of hydrogen-bond donors (Lipinski definition) is 2. The molecular formula is C11H19N3O2S. The molecule has 2 N–H and O–H groups in total. The van der Waals surface area contributed by atoms with Crippen LogP contribution < -0.4 is 5.32 Å². The van der Waals surface area contributed by atoms with Gasteiger partial charge in [-0.15, -0.1) is 0 Å². The van der Waals surface area contributed by atoms with Crippen molar-refractivity contribution in [1.29, 1.82) is 0 Å². The van der Waals surface area contributed by atoms with Crippen LogP contribution in [0.2, 0.25) is 0 Å². The van der Waals surface area contributed by atoms with E-state index in [9.17, 15) is 4.79 Å². The van der Waals surface area contributed by atoms with Crippen molar-refractivity contribution in [2.24, 2.45) is 11.8 Å². The lowest BCUT2D eigenvalue weighted by Gasteiger charge is -2.19. The summed E-state index contributed by atoms with van der Waals surface area (Å²) in [6.07, 6.45) is 3.48. The van der Waals surface area contributed by atoms with E-state index in [2.05, 4.69) is 28.5 Å². The summed E-state index contributed by atoms with van der Waals surface area (Å²) in [6, 6.07) is 0. The molecule has 0 fully saturated rings. The molecule has 1 heterocycles. The Balaban J connectivity index is 2.26. The Kier molecular flexibility index (Phi) is 5.90. The number of hydrogen-bond acceptors (Lipinski definition) is 5. The number of aliphatic carboxylic acids is 1. The predicted molar refractivity (Wildman–Crippen MR) is 68.2 cm³/mol. The summed E-state index contributed by atoms with van der Waals surface area (Å²) >= 11 is 1.33. The van der Waals surface area contributed by atoms with E-state index in [0.717, 1.165) is 24.5 Å². The Labute approximate surface area is 105 Å². The molecule has 0 saturated carbocycles. The molecular weight excluding hydrogens is 238 g/mol. The highest BCUT2D eigenvalue weighted by Crippen LogP contribution is 2.21. The van der Waals surface area contributed by atoms with Crippen molar-refractivity contribution >= 4 is 22.6 Å². The summed E-state index contributed by atoms with van der Waals surface area (Å²) in [5.41, 5.74) is 0. The maximum Gasteiger partial charge on any atom is 0.303 e. The highest BCUT2D eigenvalue weighted by Gasteiger charge is 2.14. The zero-order chi connectivity index (χ0) is 12.7. The molecule has 0 bridgehead atoms. The van der Waals surface area contributed by atoms with Gasteiger partial charge in [-0.25, -0.2) is 4.98 Å². The fourth-order valence-electron chi connectivity index (χ4n) is 1.74. The molecule has 0 aromatic carbocycles. The fraction of sp³-hybridized carbons (Fsp3) is 0.727. The van der Waals surface area contributed by atoms with Crippen molar-refractivity contribution in [2.75, 3.05) is 11.9 Å². The van der Waals surface area contributed by atoms with Crippen LogP contribution in [0.4, 0.5) is 5.13 Å². The number of carboxylic acids is 1. The standard InChI is InChI=1S/C11H19N3O2S/c1-8(2)9(3-4-10(15)16)5-6-12-11-13-7-14-17-11/h7-9H,3-6H2,1-2H3,(H,15,16)(H,12,13,14). The van der Waals surface area contributed by atoms with Gasteiger partial charge in [-0.05, 0) is 24.7 Å². The molecule has 1 aromatic rings. The average Bonchev–Trinajstić information content (AvgIpc) is 2.74. The van der Waals surface area contributed by atoms with Gasteiger partial charge in [-0.2, -0.15) is 4.37 Å². The van der Waals surface area contributed by atoms with Crippen molar-refractivity contribution in [3.05, 3.63) is 6.33 Å². The van der Waals surface area contributed by atoms with Crippen LogP contribution in [0.25, 0.3) is 0 Å². The van der Waals surface area contributed by atoms with Crippen molar-refractivity contribution < 1.29 is 9.90 Å². The third kappa shape index (κ3) is 5.63. The molecule has 0 aliphatic rings. The number of rotatable bonds is 8. The minimum Gasteiger partial charge on any atom is -0.481 e. The van der Waals surface area contributed by atoms with E-state index in [1.54, 1.807) is 0 Å². The highest BCUT2D eigenvalue weighted by molar-refractivity contribution is 7.09. The van der Waals surface area contributed by atoms with E-state index in [-0.39, 0.29) is 6.42 Å². The molecule has 6 heteroatoms. The van der Waals surface area contributed by atoms with Crippen molar-refractivity contribution in [3.8, 4) is 0 Å². The van der Waals surface area contributed by atoms with E-state index >= 15 is 0 Å². The number of nitrogens with one attached hydrogen (secondary N) is 1. The number of anilines is 1. The lowest BCUT2D eigenvalue weighted by Crippen LogP contribution is -2.15. The van der Waals surface area contributed by atoms with Gasteiger partial charge in [0.25, 0.3) is 0 Å². The number of aromatic nitrogens is 2. The zero-order valence-electron chi connectivity index (χ0n) is 10.2. The van der Waals surface area contributed by atoms with E-state index in [0.29, 0.717) is 11.8 Å². The van der Waals surface area contributed by atoms with Crippen LogP contribution in [0.3, 0.4) is 0 Å². The van der Waals surface area contributed by atoms with E-state index < -0.39 is 5.97 Å². The first-order valence-corrected chi connectivity index (χ1v) is 6.59. The second-order valence-electron chi connectivity index (χ2n) is 4.40. The molecule has 1 rings (SSSR count). The lowest BCUT2D eigenvalue weighted by atomic mass is 9.88. The van der Waals surface area contributed by atoms with Gasteiger partial charge in [0, 0.05) is 24.5 Å². The second-order valence-corrected chi connectivity index (χ2v) is 5.18. The van der Waals surface area contributed by atoms with Gasteiger partial charge in [-0.3, -0.25) is 4.79 Å². The Morgan fingerprint density at radius 3 is 2.82 bits per heavy atom. The molecule has 1 atom stereocenters. The monoisotopic (exact) mass is 257 g/mol. The van der Waals surface area contributed by atoms with Gasteiger partial charge in [0.2, 0.25) is 5.13 Å². The lowest BCUT2D eigenvalue weighted by molar-refractivity contribution is -0.137. The fourth-order valence-corrected chi connectivity index (χ4v) is 2.19. The Morgan fingerprint density at radius 1 is 1.53 bits per heavy atom. The summed E-state index contributed by atoms with van der Waals surface area (Å²) in [6.45, 7) is 5.09.